The van der Waals surface area contributed by atoms with Gasteiger partial charge in [-0.15, -0.1) is 0 Å². The van der Waals surface area contributed by atoms with E-state index in [-0.39, 0.29) is 11.9 Å². The van der Waals surface area contributed by atoms with Gasteiger partial charge in [0.15, 0.2) is 0 Å². The Kier molecular flexibility index (Phi) is 5.95. The van der Waals surface area contributed by atoms with Gasteiger partial charge >= 0.3 is 0 Å². The third-order valence-electron chi connectivity index (χ3n) is 5.41. The van der Waals surface area contributed by atoms with Crippen LogP contribution in [0.15, 0.2) is 72.0 Å². The minimum absolute atomic E-state index is 0.0765. The Morgan fingerprint density at radius 2 is 1.88 bits per heavy atom. The molecule has 0 aliphatic carbocycles. The second-order valence-electron chi connectivity index (χ2n) is 8.18. The molecule has 2 heterocycles. The fraction of sp³-hybridized carbons (Fsp3) is 0.192. The van der Waals surface area contributed by atoms with E-state index in [1.165, 1.54) is 18.5 Å². The fourth-order valence-corrected chi connectivity index (χ4v) is 3.72. The second kappa shape index (κ2) is 9.35. The highest BCUT2D eigenvalue weighted by molar-refractivity contribution is 5.97. The smallest absolute Gasteiger partial charge is 0.289 e. The van der Waals surface area contributed by atoms with E-state index in [2.05, 4.69) is 25.6 Å². The van der Waals surface area contributed by atoms with Crippen molar-refractivity contribution in [3.05, 3.63) is 83.9 Å². The molecule has 1 aliphatic heterocycles. The van der Waals surface area contributed by atoms with Gasteiger partial charge in [0.2, 0.25) is 0 Å². The molecule has 3 aromatic carbocycles. The average Bonchev–Trinajstić information content (AvgIpc) is 3.23. The molecular formula is C26H24FN5O2. The van der Waals surface area contributed by atoms with Crippen LogP contribution in [0, 0.1) is 12.7 Å². The summed E-state index contributed by atoms with van der Waals surface area (Å²) in [5.41, 5.74) is 4.26. The maximum atomic E-state index is 13.4. The molecule has 5 rings (SSSR count). The van der Waals surface area contributed by atoms with Gasteiger partial charge in [-0.3, -0.25) is 0 Å². The van der Waals surface area contributed by atoms with Crippen molar-refractivity contribution in [2.75, 3.05) is 17.2 Å². The number of fused-ring (bicyclic) bond motifs is 1. The highest BCUT2D eigenvalue weighted by Gasteiger charge is 2.15. The maximum absolute atomic E-state index is 13.4. The van der Waals surface area contributed by atoms with Crippen LogP contribution < -0.4 is 15.4 Å². The van der Waals surface area contributed by atoms with Crippen molar-refractivity contribution in [2.24, 2.45) is 4.99 Å². The zero-order valence-electron chi connectivity index (χ0n) is 18.9. The summed E-state index contributed by atoms with van der Waals surface area (Å²) in [6, 6.07) is 18.6. The van der Waals surface area contributed by atoms with Crippen molar-refractivity contribution >= 4 is 34.1 Å². The van der Waals surface area contributed by atoms with E-state index >= 15 is 0 Å². The van der Waals surface area contributed by atoms with Crippen LogP contribution in [-0.2, 0) is 11.3 Å². The van der Waals surface area contributed by atoms with E-state index in [9.17, 15) is 4.39 Å². The number of aromatic nitrogens is 2. The van der Waals surface area contributed by atoms with Gasteiger partial charge in [-0.05, 0) is 73.5 Å². The predicted octanol–water partition coefficient (Wildman–Crippen LogP) is 5.59. The average molecular weight is 458 g/mol. The molecule has 0 saturated carbocycles. The highest BCUT2D eigenvalue weighted by Crippen LogP contribution is 2.29. The van der Waals surface area contributed by atoms with Crippen LogP contribution in [-0.4, -0.2) is 28.6 Å². The summed E-state index contributed by atoms with van der Waals surface area (Å²) < 4.78 is 24.9. The third kappa shape index (κ3) is 4.91. The first-order chi connectivity index (χ1) is 16.5. The van der Waals surface area contributed by atoms with E-state index < -0.39 is 0 Å². The predicted molar refractivity (Wildman–Crippen MR) is 131 cm³/mol. The SMILES string of the molecule is Cc1cc(Nc2ncnc3ccc(NC4=NCC(C)O4)cc23)ccc1OCc1cccc(F)c1. The minimum Gasteiger partial charge on any atom is -0.489 e. The molecule has 0 saturated heterocycles. The zero-order valence-corrected chi connectivity index (χ0v) is 18.9. The van der Waals surface area contributed by atoms with Gasteiger partial charge in [0.1, 0.15) is 36.4 Å². The molecule has 1 aliphatic rings. The molecule has 1 atom stereocenters. The topological polar surface area (TPSA) is 80.7 Å². The van der Waals surface area contributed by atoms with Crippen molar-refractivity contribution in [1.82, 2.24) is 9.97 Å². The Balaban J connectivity index is 1.33. The molecule has 1 aromatic heterocycles. The summed E-state index contributed by atoms with van der Waals surface area (Å²) in [6.45, 7) is 4.89. The number of benzene rings is 3. The molecular weight excluding hydrogens is 433 g/mol. The Bertz CT molecular complexity index is 1370. The van der Waals surface area contributed by atoms with Gasteiger partial charge in [0, 0.05) is 16.8 Å². The number of rotatable bonds is 6. The van der Waals surface area contributed by atoms with E-state index in [1.807, 2.05) is 56.3 Å². The van der Waals surface area contributed by atoms with E-state index in [4.69, 9.17) is 9.47 Å². The summed E-state index contributed by atoms with van der Waals surface area (Å²) in [6.07, 6.45) is 1.61. The van der Waals surface area contributed by atoms with Crippen LogP contribution in [0.3, 0.4) is 0 Å². The van der Waals surface area contributed by atoms with Gasteiger partial charge in [0.25, 0.3) is 6.02 Å². The van der Waals surface area contributed by atoms with Crippen molar-refractivity contribution in [3.8, 4) is 5.75 Å². The molecule has 0 bridgehead atoms. The van der Waals surface area contributed by atoms with Gasteiger partial charge in [0.05, 0.1) is 12.1 Å². The fourth-order valence-electron chi connectivity index (χ4n) is 3.72. The van der Waals surface area contributed by atoms with E-state index in [0.717, 1.165) is 39.2 Å². The molecule has 8 heteroatoms. The summed E-state index contributed by atoms with van der Waals surface area (Å²) >= 11 is 0. The molecule has 4 aromatic rings. The third-order valence-corrected chi connectivity index (χ3v) is 5.41. The van der Waals surface area contributed by atoms with Crippen LogP contribution in [0.25, 0.3) is 10.9 Å². The normalized spacial score (nSPS) is 15.0. The Morgan fingerprint density at radius 1 is 1.03 bits per heavy atom. The van der Waals surface area contributed by atoms with Crippen molar-refractivity contribution < 1.29 is 13.9 Å². The molecule has 7 nitrogen and oxygen atoms in total. The number of nitrogens with zero attached hydrogens (tertiary/aromatic N) is 3. The lowest BCUT2D eigenvalue weighted by molar-refractivity contribution is 0.245. The van der Waals surface area contributed by atoms with Crippen molar-refractivity contribution in [3.63, 3.8) is 0 Å². The standard InChI is InChI=1S/C26H24FN5O2/c1-16-10-20(7-9-24(16)33-14-18-4-3-5-19(27)11-18)31-25-22-12-21(6-8-23(22)29-15-30-25)32-26-28-13-17(2)34-26/h3-12,15,17H,13-14H2,1-2H3,(H,28,32)(H,29,30,31). The molecule has 0 amide bonds. The van der Waals surface area contributed by atoms with Gasteiger partial charge in [-0.2, -0.15) is 0 Å². The minimum atomic E-state index is -0.272. The molecule has 0 fully saturated rings. The van der Waals surface area contributed by atoms with E-state index in [1.54, 1.807) is 6.07 Å². The Morgan fingerprint density at radius 3 is 2.68 bits per heavy atom. The van der Waals surface area contributed by atoms with Crippen LogP contribution in [0.1, 0.15) is 18.1 Å². The molecule has 0 spiro atoms. The first-order valence-corrected chi connectivity index (χ1v) is 11.0. The molecule has 1 unspecified atom stereocenters. The summed E-state index contributed by atoms with van der Waals surface area (Å²) in [5.74, 6) is 1.15. The van der Waals surface area contributed by atoms with Gasteiger partial charge < -0.3 is 20.1 Å². The summed E-state index contributed by atoms with van der Waals surface area (Å²) in [5, 5.41) is 7.45. The first-order valence-electron chi connectivity index (χ1n) is 11.0. The lowest BCUT2D eigenvalue weighted by Gasteiger charge is -2.13. The Labute approximate surface area is 196 Å². The van der Waals surface area contributed by atoms with Gasteiger partial charge in [-0.25, -0.2) is 19.4 Å². The number of nitrogens with one attached hydrogen (secondary N) is 2. The van der Waals surface area contributed by atoms with E-state index in [0.29, 0.717) is 25.0 Å². The summed E-state index contributed by atoms with van der Waals surface area (Å²) in [4.78, 5) is 13.2. The number of aryl methyl sites for hydroxylation is 1. The lowest BCUT2D eigenvalue weighted by atomic mass is 10.1. The highest BCUT2D eigenvalue weighted by atomic mass is 19.1. The summed E-state index contributed by atoms with van der Waals surface area (Å²) in [7, 11) is 0. The van der Waals surface area contributed by atoms with Crippen LogP contribution >= 0.6 is 0 Å². The number of hydrogen-bond donors (Lipinski definition) is 2. The Hall–Kier alpha value is -4.20. The zero-order chi connectivity index (χ0) is 23.5. The largest absolute Gasteiger partial charge is 0.489 e. The first kappa shape index (κ1) is 21.6. The van der Waals surface area contributed by atoms with Crippen molar-refractivity contribution in [2.45, 2.75) is 26.6 Å². The maximum Gasteiger partial charge on any atom is 0.289 e. The van der Waals surface area contributed by atoms with Crippen LogP contribution in [0.5, 0.6) is 5.75 Å². The van der Waals surface area contributed by atoms with Crippen LogP contribution in [0.2, 0.25) is 0 Å². The van der Waals surface area contributed by atoms with Crippen LogP contribution in [0.4, 0.5) is 21.6 Å². The second-order valence-corrected chi connectivity index (χ2v) is 8.18. The monoisotopic (exact) mass is 457 g/mol. The molecule has 172 valence electrons. The number of aliphatic imine (C=N–C) groups is 1. The number of ether oxygens (including phenoxy) is 2. The lowest BCUT2D eigenvalue weighted by Crippen LogP contribution is -2.15. The molecule has 0 radical (unpaired) electrons. The number of anilines is 3. The number of halogens is 1. The molecule has 34 heavy (non-hydrogen) atoms. The van der Waals surface area contributed by atoms with Crippen molar-refractivity contribution in [1.29, 1.82) is 0 Å². The number of amidine groups is 1. The number of hydrogen-bond acceptors (Lipinski definition) is 7. The van der Waals surface area contributed by atoms with Gasteiger partial charge in [-0.1, -0.05) is 12.1 Å². The molecule has 2 N–H and O–H groups in total. The quantitative estimate of drug-likeness (QED) is 0.393.